The van der Waals surface area contributed by atoms with Crippen LogP contribution < -0.4 is 20.1 Å². The molecule has 23 heavy (non-hydrogen) atoms. The summed E-state index contributed by atoms with van der Waals surface area (Å²) in [5.74, 6) is 1.39. The summed E-state index contributed by atoms with van der Waals surface area (Å²) in [5, 5.41) is 6.04. The van der Waals surface area contributed by atoms with Crippen LogP contribution in [0.25, 0.3) is 0 Å². The van der Waals surface area contributed by atoms with Crippen molar-refractivity contribution in [3.05, 3.63) is 52.5 Å². The Kier molecular flexibility index (Phi) is 6.38. The number of nitrogens with one attached hydrogen (secondary N) is 2. The summed E-state index contributed by atoms with van der Waals surface area (Å²) in [6, 6.07) is 11.5. The van der Waals surface area contributed by atoms with E-state index in [0.717, 1.165) is 5.75 Å². The monoisotopic (exact) mass is 354 g/mol. The number of ether oxygens (including phenoxy) is 2. The summed E-state index contributed by atoms with van der Waals surface area (Å²) in [6.45, 7) is 2.54. The SMILES string of the molecule is CCOc1ccc(OCNC(=O)Nc2ccc(Cl)cc2Cl)cc1. The van der Waals surface area contributed by atoms with Crippen molar-refractivity contribution in [1.29, 1.82) is 0 Å². The average Bonchev–Trinajstić information content (AvgIpc) is 2.52. The first-order valence-electron chi connectivity index (χ1n) is 6.94. The van der Waals surface area contributed by atoms with Gasteiger partial charge in [0.05, 0.1) is 17.3 Å². The van der Waals surface area contributed by atoms with Gasteiger partial charge in [-0.2, -0.15) is 0 Å². The lowest BCUT2D eigenvalue weighted by molar-refractivity contribution is 0.234. The molecule has 0 aliphatic heterocycles. The molecule has 0 unspecified atom stereocenters. The van der Waals surface area contributed by atoms with Crippen LogP contribution in [-0.4, -0.2) is 19.4 Å². The second-order valence-electron chi connectivity index (χ2n) is 4.45. The van der Waals surface area contributed by atoms with Crippen molar-refractivity contribution < 1.29 is 14.3 Å². The summed E-state index contributed by atoms with van der Waals surface area (Å²) in [5.41, 5.74) is 0.467. The second kappa shape index (κ2) is 8.50. The fourth-order valence-electron chi connectivity index (χ4n) is 1.74. The van der Waals surface area contributed by atoms with Gasteiger partial charge in [-0.05, 0) is 49.4 Å². The zero-order chi connectivity index (χ0) is 16.7. The fraction of sp³-hybridized carbons (Fsp3) is 0.188. The zero-order valence-electron chi connectivity index (χ0n) is 12.4. The Labute approximate surface area is 144 Å². The first-order chi connectivity index (χ1) is 11.1. The van der Waals surface area contributed by atoms with Gasteiger partial charge in [0.2, 0.25) is 0 Å². The van der Waals surface area contributed by atoms with E-state index < -0.39 is 6.03 Å². The smallest absolute Gasteiger partial charge is 0.321 e. The number of anilines is 1. The molecule has 0 aliphatic carbocycles. The van der Waals surface area contributed by atoms with Gasteiger partial charge in [-0.25, -0.2) is 4.79 Å². The van der Waals surface area contributed by atoms with Crippen LogP contribution in [0.4, 0.5) is 10.5 Å². The van der Waals surface area contributed by atoms with Crippen molar-refractivity contribution in [1.82, 2.24) is 5.32 Å². The van der Waals surface area contributed by atoms with E-state index >= 15 is 0 Å². The molecule has 0 spiro atoms. The van der Waals surface area contributed by atoms with Crippen molar-refractivity contribution in [3.8, 4) is 11.5 Å². The highest BCUT2D eigenvalue weighted by Crippen LogP contribution is 2.25. The number of hydrogen-bond donors (Lipinski definition) is 2. The second-order valence-corrected chi connectivity index (χ2v) is 5.29. The van der Waals surface area contributed by atoms with Crippen molar-refractivity contribution in [2.24, 2.45) is 0 Å². The van der Waals surface area contributed by atoms with E-state index in [1.54, 1.807) is 42.5 Å². The molecule has 2 aromatic carbocycles. The number of hydrogen-bond acceptors (Lipinski definition) is 3. The molecule has 0 atom stereocenters. The molecule has 0 saturated heterocycles. The molecule has 0 heterocycles. The van der Waals surface area contributed by atoms with Crippen LogP contribution in [0.1, 0.15) is 6.92 Å². The predicted octanol–water partition coefficient (Wildman–Crippen LogP) is 4.55. The summed E-state index contributed by atoms with van der Waals surface area (Å²) in [6.07, 6.45) is 0. The molecule has 0 bridgehead atoms. The molecule has 2 N–H and O–H groups in total. The summed E-state index contributed by atoms with van der Waals surface area (Å²) >= 11 is 11.8. The summed E-state index contributed by atoms with van der Waals surface area (Å²) in [7, 11) is 0. The minimum Gasteiger partial charge on any atom is -0.494 e. The summed E-state index contributed by atoms with van der Waals surface area (Å²) in [4.78, 5) is 11.8. The third-order valence-corrected chi connectivity index (χ3v) is 3.33. The Morgan fingerprint density at radius 3 is 2.30 bits per heavy atom. The number of carbonyl (C=O) groups is 1. The number of rotatable bonds is 6. The Bertz CT molecular complexity index is 663. The lowest BCUT2D eigenvalue weighted by Gasteiger charge is -2.11. The molecule has 2 rings (SSSR count). The van der Waals surface area contributed by atoms with E-state index in [-0.39, 0.29) is 6.73 Å². The van der Waals surface area contributed by atoms with Crippen LogP contribution in [-0.2, 0) is 0 Å². The van der Waals surface area contributed by atoms with Crippen molar-refractivity contribution in [2.45, 2.75) is 6.92 Å². The number of amides is 2. The van der Waals surface area contributed by atoms with Gasteiger partial charge in [0.15, 0.2) is 6.73 Å². The standard InChI is InChI=1S/C16H16Cl2N2O3/c1-2-22-12-4-6-13(7-5-12)23-10-19-16(21)20-15-8-3-11(17)9-14(15)18/h3-9H,2,10H2,1H3,(H2,19,20,21). The number of urea groups is 1. The molecular weight excluding hydrogens is 339 g/mol. The molecule has 2 aromatic rings. The highest BCUT2D eigenvalue weighted by atomic mass is 35.5. The highest BCUT2D eigenvalue weighted by molar-refractivity contribution is 6.36. The van der Waals surface area contributed by atoms with Crippen molar-refractivity contribution >= 4 is 34.9 Å². The molecule has 2 amide bonds. The van der Waals surface area contributed by atoms with Crippen LogP contribution in [0.5, 0.6) is 11.5 Å². The quantitative estimate of drug-likeness (QED) is 0.748. The van der Waals surface area contributed by atoms with E-state index in [2.05, 4.69) is 10.6 Å². The van der Waals surface area contributed by atoms with Gasteiger partial charge in [-0.15, -0.1) is 0 Å². The molecule has 0 aliphatic rings. The molecule has 5 nitrogen and oxygen atoms in total. The molecule has 0 fully saturated rings. The Morgan fingerprint density at radius 1 is 1.04 bits per heavy atom. The van der Waals surface area contributed by atoms with E-state index in [1.165, 1.54) is 0 Å². The molecule has 0 radical (unpaired) electrons. The summed E-state index contributed by atoms with van der Waals surface area (Å²) < 4.78 is 10.7. The van der Waals surface area contributed by atoms with E-state index in [4.69, 9.17) is 32.7 Å². The largest absolute Gasteiger partial charge is 0.494 e. The normalized spacial score (nSPS) is 10.0. The molecular formula is C16H16Cl2N2O3. The van der Waals surface area contributed by atoms with Gasteiger partial charge >= 0.3 is 6.03 Å². The van der Waals surface area contributed by atoms with Crippen LogP contribution in [0, 0.1) is 0 Å². The maximum Gasteiger partial charge on any atom is 0.321 e. The van der Waals surface area contributed by atoms with Gasteiger partial charge in [-0.3, -0.25) is 0 Å². The van der Waals surface area contributed by atoms with Crippen LogP contribution in [0.15, 0.2) is 42.5 Å². The zero-order valence-corrected chi connectivity index (χ0v) is 13.9. The Morgan fingerprint density at radius 2 is 1.70 bits per heavy atom. The number of carbonyl (C=O) groups excluding carboxylic acids is 1. The third-order valence-electron chi connectivity index (χ3n) is 2.79. The van der Waals surface area contributed by atoms with Crippen LogP contribution in [0.3, 0.4) is 0 Å². The maximum absolute atomic E-state index is 11.8. The van der Waals surface area contributed by atoms with Gasteiger partial charge in [0, 0.05) is 5.02 Å². The van der Waals surface area contributed by atoms with E-state index in [0.29, 0.717) is 28.1 Å². The third kappa shape index (κ3) is 5.54. The first kappa shape index (κ1) is 17.2. The molecule has 7 heteroatoms. The molecule has 0 saturated carbocycles. The molecule has 0 aromatic heterocycles. The van der Waals surface area contributed by atoms with E-state index in [9.17, 15) is 4.79 Å². The van der Waals surface area contributed by atoms with E-state index in [1.807, 2.05) is 6.92 Å². The van der Waals surface area contributed by atoms with Crippen molar-refractivity contribution in [2.75, 3.05) is 18.7 Å². The van der Waals surface area contributed by atoms with Gasteiger partial charge in [0.25, 0.3) is 0 Å². The predicted molar refractivity (Wildman–Crippen MR) is 91.7 cm³/mol. The topological polar surface area (TPSA) is 59.6 Å². The fourth-order valence-corrected chi connectivity index (χ4v) is 2.20. The molecule has 122 valence electrons. The maximum atomic E-state index is 11.8. The average molecular weight is 355 g/mol. The lowest BCUT2D eigenvalue weighted by atomic mass is 10.3. The van der Waals surface area contributed by atoms with Crippen LogP contribution >= 0.6 is 23.2 Å². The van der Waals surface area contributed by atoms with Gasteiger partial charge in [0.1, 0.15) is 11.5 Å². The first-order valence-corrected chi connectivity index (χ1v) is 7.69. The van der Waals surface area contributed by atoms with Gasteiger partial charge < -0.3 is 20.1 Å². The minimum atomic E-state index is -0.430. The minimum absolute atomic E-state index is 0.0189. The highest BCUT2D eigenvalue weighted by Gasteiger charge is 2.06. The van der Waals surface area contributed by atoms with Crippen LogP contribution in [0.2, 0.25) is 10.0 Å². The number of benzene rings is 2. The number of halogens is 2. The lowest BCUT2D eigenvalue weighted by Crippen LogP contribution is -2.32. The Hall–Kier alpha value is -2.11. The van der Waals surface area contributed by atoms with Gasteiger partial charge in [-0.1, -0.05) is 23.2 Å². The Balaban J connectivity index is 1.78. The van der Waals surface area contributed by atoms with Crippen molar-refractivity contribution in [3.63, 3.8) is 0 Å².